The topological polar surface area (TPSA) is 26.0 Å². The van der Waals surface area contributed by atoms with Gasteiger partial charge in [-0.1, -0.05) is 11.6 Å². The number of rotatable bonds is 4. The molecule has 0 radical (unpaired) electrons. The molecule has 78 valence electrons. The van der Waals surface area contributed by atoms with Crippen LogP contribution in [0.2, 0.25) is 5.02 Å². The third-order valence-electron chi connectivity index (χ3n) is 1.99. The summed E-state index contributed by atoms with van der Waals surface area (Å²) in [7, 11) is 0. The summed E-state index contributed by atoms with van der Waals surface area (Å²) in [6.45, 7) is 0.567. The molecule has 0 aliphatic heterocycles. The molecule has 4 heteroatoms. The van der Waals surface area contributed by atoms with Gasteiger partial charge in [-0.05, 0) is 43.5 Å². The van der Waals surface area contributed by atoms with E-state index in [9.17, 15) is 8.78 Å². The van der Waals surface area contributed by atoms with E-state index < -0.39 is 11.6 Å². The summed E-state index contributed by atoms with van der Waals surface area (Å²) in [5.74, 6) is -1.02. The van der Waals surface area contributed by atoms with Gasteiger partial charge in [0.05, 0.1) is 5.02 Å². The lowest BCUT2D eigenvalue weighted by Crippen LogP contribution is -2.00. The van der Waals surface area contributed by atoms with Gasteiger partial charge in [0.15, 0.2) is 0 Å². The maximum absolute atomic E-state index is 13.2. The van der Waals surface area contributed by atoms with Gasteiger partial charge in [0.25, 0.3) is 0 Å². The van der Waals surface area contributed by atoms with Crippen LogP contribution in [0.1, 0.15) is 18.4 Å². The van der Waals surface area contributed by atoms with Gasteiger partial charge in [0, 0.05) is 0 Å². The van der Waals surface area contributed by atoms with Crippen LogP contribution in [-0.2, 0) is 6.42 Å². The first-order valence-electron chi connectivity index (χ1n) is 4.48. The number of hydrogen-bond acceptors (Lipinski definition) is 1. The lowest BCUT2D eigenvalue weighted by atomic mass is 10.1. The standard InChI is InChI=1S/C10H12ClF2N/c11-8-6-9(12)7(5-10(8)13)3-1-2-4-14/h5-6H,1-4,14H2. The summed E-state index contributed by atoms with van der Waals surface area (Å²) in [5, 5.41) is -0.176. The van der Waals surface area contributed by atoms with E-state index in [1.807, 2.05) is 0 Å². The minimum atomic E-state index is -0.573. The SMILES string of the molecule is NCCCCc1cc(F)c(Cl)cc1F. The van der Waals surface area contributed by atoms with Gasteiger partial charge in [-0.3, -0.25) is 0 Å². The predicted molar refractivity (Wildman–Crippen MR) is 53.4 cm³/mol. The van der Waals surface area contributed by atoms with Crippen LogP contribution >= 0.6 is 11.6 Å². The van der Waals surface area contributed by atoms with E-state index in [1.165, 1.54) is 0 Å². The third-order valence-corrected chi connectivity index (χ3v) is 2.28. The van der Waals surface area contributed by atoms with Crippen LogP contribution < -0.4 is 5.73 Å². The molecule has 0 amide bonds. The molecule has 1 rings (SSSR count). The summed E-state index contributed by atoms with van der Waals surface area (Å²) in [4.78, 5) is 0. The summed E-state index contributed by atoms with van der Waals surface area (Å²) < 4.78 is 26.1. The maximum atomic E-state index is 13.2. The second-order valence-electron chi connectivity index (χ2n) is 3.10. The molecule has 0 unspecified atom stereocenters. The summed E-state index contributed by atoms with van der Waals surface area (Å²) in [5.41, 5.74) is 5.66. The van der Waals surface area contributed by atoms with Gasteiger partial charge >= 0.3 is 0 Å². The number of hydrogen-bond donors (Lipinski definition) is 1. The quantitative estimate of drug-likeness (QED) is 0.612. The molecule has 0 fully saturated rings. The molecule has 0 aliphatic carbocycles. The molecule has 1 aromatic carbocycles. The average Bonchev–Trinajstić information content (AvgIpc) is 2.14. The van der Waals surface area contributed by atoms with Crippen molar-refractivity contribution in [1.82, 2.24) is 0 Å². The highest BCUT2D eigenvalue weighted by Crippen LogP contribution is 2.20. The number of nitrogens with two attached hydrogens (primary N) is 1. The predicted octanol–water partition coefficient (Wildman–Crippen LogP) is 2.90. The second-order valence-corrected chi connectivity index (χ2v) is 3.51. The van der Waals surface area contributed by atoms with E-state index in [0.29, 0.717) is 18.5 Å². The minimum Gasteiger partial charge on any atom is -0.330 e. The first-order valence-corrected chi connectivity index (χ1v) is 4.86. The smallest absolute Gasteiger partial charge is 0.142 e. The zero-order valence-electron chi connectivity index (χ0n) is 7.69. The van der Waals surface area contributed by atoms with E-state index in [0.717, 1.165) is 25.0 Å². The molecule has 0 aliphatic rings. The summed E-state index contributed by atoms with van der Waals surface area (Å²) in [6, 6.07) is 2.16. The fourth-order valence-corrected chi connectivity index (χ4v) is 1.37. The van der Waals surface area contributed by atoms with E-state index in [4.69, 9.17) is 17.3 Å². The normalized spacial score (nSPS) is 10.6. The molecule has 2 N–H and O–H groups in total. The van der Waals surface area contributed by atoms with Gasteiger partial charge in [-0.15, -0.1) is 0 Å². The molecular formula is C10H12ClF2N. The molecule has 0 bridgehead atoms. The fraction of sp³-hybridized carbons (Fsp3) is 0.400. The zero-order chi connectivity index (χ0) is 10.6. The van der Waals surface area contributed by atoms with E-state index in [1.54, 1.807) is 0 Å². The van der Waals surface area contributed by atoms with Crippen molar-refractivity contribution >= 4 is 11.6 Å². The maximum Gasteiger partial charge on any atom is 0.142 e. The number of benzene rings is 1. The monoisotopic (exact) mass is 219 g/mol. The Morgan fingerprint density at radius 1 is 1.14 bits per heavy atom. The van der Waals surface area contributed by atoms with Crippen LogP contribution in [0.25, 0.3) is 0 Å². The average molecular weight is 220 g/mol. The number of unbranched alkanes of at least 4 members (excludes halogenated alkanes) is 1. The van der Waals surface area contributed by atoms with Gasteiger partial charge in [0.1, 0.15) is 11.6 Å². The second kappa shape index (κ2) is 5.27. The van der Waals surface area contributed by atoms with Crippen LogP contribution in [0.3, 0.4) is 0 Å². The third kappa shape index (κ3) is 2.93. The molecule has 14 heavy (non-hydrogen) atoms. The highest BCUT2D eigenvalue weighted by molar-refractivity contribution is 6.30. The van der Waals surface area contributed by atoms with Crippen molar-refractivity contribution in [1.29, 1.82) is 0 Å². The largest absolute Gasteiger partial charge is 0.330 e. The highest BCUT2D eigenvalue weighted by Gasteiger charge is 2.07. The Hall–Kier alpha value is -0.670. The van der Waals surface area contributed by atoms with E-state index >= 15 is 0 Å². The Bertz CT molecular complexity index is 315. The van der Waals surface area contributed by atoms with Gasteiger partial charge in [-0.2, -0.15) is 0 Å². The first kappa shape index (κ1) is 11.4. The van der Waals surface area contributed by atoms with Crippen molar-refractivity contribution in [3.63, 3.8) is 0 Å². The summed E-state index contributed by atoms with van der Waals surface area (Å²) >= 11 is 5.41. The number of halogens is 3. The van der Waals surface area contributed by atoms with Gasteiger partial charge < -0.3 is 5.73 Å². The van der Waals surface area contributed by atoms with Crippen LogP contribution in [0.15, 0.2) is 12.1 Å². The lowest BCUT2D eigenvalue weighted by Gasteiger charge is -2.03. The van der Waals surface area contributed by atoms with Crippen molar-refractivity contribution in [2.45, 2.75) is 19.3 Å². The molecule has 0 aromatic heterocycles. The molecule has 1 aromatic rings. The molecule has 0 atom stereocenters. The molecule has 0 heterocycles. The Balaban J connectivity index is 2.72. The molecular weight excluding hydrogens is 208 g/mol. The molecule has 1 nitrogen and oxygen atoms in total. The van der Waals surface area contributed by atoms with Crippen molar-refractivity contribution in [3.8, 4) is 0 Å². The van der Waals surface area contributed by atoms with Gasteiger partial charge in [0.2, 0.25) is 0 Å². The Labute approximate surface area is 86.9 Å². The number of aryl methyl sites for hydroxylation is 1. The Morgan fingerprint density at radius 2 is 1.86 bits per heavy atom. The van der Waals surface area contributed by atoms with Crippen LogP contribution in [0.4, 0.5) is 8.78 Å². The fourth-order valence-electron chi connectivity index (χ4n) is 1.22. The van der Waals surface area contributed by atoms with Crippen molar-refractivity contribution in [3.05, 3.63) is 34.4 Å². The minimum absolute atomic E-state index is 0.176. The zero-order valence-corrected chi connectivity index (χ0v) is 8.45. The van der Waals surface area contributed by atoms with Crippen molar-refractivity contribution in [2.75, 3.05) is 6.54 Å². The Morgan fingerprint density at radius 3 is 2.50 bits per heavy atom. The van der Waals surface area contributed by atoms with Gasteiger partial charge in [-0.25, -0.2) is 8.78 Å². The van der Waals surface area contributed by atoms with Crippen LogP contribution in [0.5, 0.6) is 0 Å². The van der Waals surface area contributed by atoms with Crippen LogP contribution in [0, 0.1) is 11.6 Å². The first-order chi connectivity index (χ1) is 6.65. The van der Waals surface area contributed by atoms with Crippen LogP contribution in [-0.4, -0.2) is 6.54 Å². The van der Waals surface area contributed by atoms with Crippen molar-refractivity contribution < 1.29 is 8.78 Å². The van der Waals surface area contributed by atoms with E-state index in [-0.39, 0.29) is 5.02 Å². The lowest BCUT2D eigenvalue weighted by molar-refractivity contribution is 0.579. The molecule has 0 saturated carbocycles. The Kier molecular flexibility index (Phi) is 4.29. The highest BCUT2D eigenvalue weighted by atomic mass is 35.5. The molecule has 0 saturated heterocycles. The molecule has 0 spiro atoms. The van der Waals surface area contributed by atoms with E-state index in [2.05, 4.69) is 0 Å². The summed E-state index contributed by atoms with van der Waals surface area (Å²) in [6.07, 6.45) is 2.06. The van der Waals surface area contributed by atoms with Crippen molar-refractivity contribution in [2.24, 2.45) is 5.73 Å².